The molecule has 1 aliphatic rings. The van der Waals surface area contributed by atoms with Crippen LogP contribution >= 0.6 is 0 Å². The second-order valence-electron chi connectivity index (χ2n) is 5.60. The van der Waals surface area contributed by atoms with Crippen molar-refractivity contribution in [3.63, 3.8) is 0 Å². The van der Waals surface area contributed by atoms with E-state index in [9.17, 15) is 0 Å². The first-order valence-corrected chi connectivity index (χ1v) is 7.60. The number of likely N-dealkylation sites (tertiary alicyclic amines) is 1. The van der Waals surface area contributed by atoms with E-state index in [0.29, 0.717) is 12.1 Å². The van der Waals surface area contributed by atoms with Crippen LogP contribution in [0.15, 0.2) is 48.7 Å². The Morgan fingerprint density at radius 3 is 2.67 bits per heavy atom. The molecule has 1 aromatic heterocycles. The number of hydrogen-bond donors (Lipinski definition) is 0. The summed E-state index contributed by atoms with van der Waals surface area (Å²) >= 11 is 0. The number of pyridine rings is 1. The van der Waals surface area contributed by atoms with Crippen LogP contribution in [-0.4, -0.2) is 23.5 Å². The Labute approximate surface area is 126 Å². The second kappa shape index (κ2) is 6.27. The van der Waals surface area contributed by atoms with Crippen LogP contribution in [0.3, 0.4) is 0 Å². The average Bonchev–Trinajstić information content (AvgIpc) is 3.04. The molecule has 1 unspecified atom stereocenters. The minimum Gasteiger partial charge on any atom is -0.497 e. The maximum Gasteiger partial charge on any atom is 0.118 e. The molecule has 3 nitrogen and oxygen atoms in total. The minimum atomic E-state index is 0.394. The molecule has 2 atom stereocenters. The molecule has 2 heterocycles. The van der Waals surface area contributed by atoms with Gasteiger partial charge in [0.15, 0.2) is 0 Å². The number of rotatable bonds is 4. The molecule has 0 aliphatic carbocycles. The van der Waals surface area contributed by atoms with Crippen LogP contribution in [0.2, 0.25) is 0 Å². The standard InChI is InChI=1S/C18H22N2O/c1-14(15-8-10-16(21-2)11-9-15)20-13-5-7-18(20)17-6-3-4-12-19-17/h3-4,6,8-12,14,18H,5,7,13H2,1-2H3/t14-,18?/m1/s1. The maximum atomic E-state index is 5.24. The van der Waals surface area contributed by atoms with Crippen LogP contribution < -0.4 is 4.74 Å². The van der Waals surface area contributed by atoms with Crippen molar-refractivity contribution in [2.75, 3.05) is 13.7 Å². The van der Waals surface area contributed by atoms with Gasteiger partial charge in [-0.1, -0.05) is 18.2 Å². The number of benzene rings is 1. The van der Waals surface area contributed by atoms with Crippen LogP contribution in [0, 0.1) is 0 Å². The van der Waals surface area contributed by atoms with Crippen molar-refractivity contribution >= 4 is 0 Å². The zero-order chi connectivity index (χ0) is 14.7. The van der Waals surface area contributed by atoms with Crippen LogP contribution in [0.1, 0.15) is 43.1 Å². The number of nitrogens with zero attached hydrogens (tertiary/aromatic N) is 2. The molecule has 0 amide bonds. The smallest absolute Gasteiger partial charge is 0.118 e. The molecular formula is C18H22N2O. The second-order valence-corrected chi connectivity index (χ2v) is 5.60. The molecule has 0 spiro atoms. The Morgan fingerprint density at radius 2 is 2.00 bits per heavy atom. The van der Waals surface area contributed by atoms with Crippen molar-refractivity contribution in [2.24, 2.45) is 0 Å². The first kappa shape index (κ1) is 14.1. The lowest BCUT2D eigenvalue weighted by Crippen LogP contribution is -2.27. The number of methoxy groups -OCH3 is 1. The zero-order valence-electron chi connectivity index (χ0n) is 12.7. The lowest BCUT2D eigenvalue weighted by atomic mass is 10.0. The Hall–Kier alpha value is -1.87. The topological polar surface area (TPSA) is 25.4 Å². The summed E-state index contributed by atoms with van der Waals surface area (Å²) in [6, 6.07) is 15.4. The highest BCUT2D eigenvalue weighted by atomic mass is 16.5. The van der Waals surface area contributed by atoms with E-state index in [4.69, 9.17) is 4.74 Å². The van der Waals surface area contributed by atoms with Gasteiger partial charge in [-0.3, -0.25) is 9.88 Å². The van der Waals surface area contributed by atoms with Gasteiger partial charge in [-0.25, -0.2) is 0 Å². The van der Waals surface area contributed by atoms with Gasteiger partial charge in [0.2, 0.25) is 0 Å². The van der Waals surface area contributed by atoms with Gasteiger partial charge in [0.25, 0.3) is 0 Å². The summed E-state index contributed by atoms with van der Waals surface area (Å²) in [5.74, 6) is 0.911. The highest BCUT2D eigenvalue weighted by Gasteiger charge is 2.30. The Bertz CT molecular complexity index is 568. The molecule has 0 N–H and O–H groups in total. The normalized spacial score (nSPS) is 20.4. The van der Waals surface area contributed by atoms with Gasteiger partial charge in [0, 0.05) is 12.2 Å². The third-order valence-electron chi connectivity index (χ3n) is 4.42. The number of ether oxygens (including phenoxy) is 1. The molecule has 110 valence electrons. The van der Waals surface area contributed by atoms with Crippen molar-refractivity contribution in [3.05, 3.63) is 59.9 Å². The fraction of sp³-hybridized carbons (Fsp3) is 0.389. The summed E-state index contributed by atoms with van der Waals surface area (Å²) in [5.41, 5.74) is 2.52. The summed E-state index contributed by atoms with van der Waals surface area (Å²) in [7, 11) is 1.70. The van der Waals surface area contributed by atoms with Crippen LogP contribution in [-0.2, 0) is 0 Å². The first-order chi connectivity index (χ1) is 10.3. The summed E-state index contributed by atoms with van der Waals surface area (Å²) in [4.78, 5) is 7.11. The highest BCUT2D eigenvalue weighted by Crippen LogP contribution is 2.37. The van der Waals surface area contributed by atoms with E-state index >= 15 is 0 Å². The lowest BCUT2D eigenvalue weighted by Gasteiger charge is -2.30. The Balaban J connectivity index is 1.80. The molecule has 0 saturated carbocycles. The SMILES string of the molecule is COc1ccc([C@@H](C)N2CCCC2c2ccccn2)cc1. The van der Waals surface area contributed by atoms with Gasteiger partial charge >= 0.3 is 0 Å². The summed E-state index contributed by atoms with van der Waals surface area (Å²) in [6.07, 6.45) is 4.32. The first-order valence-electron chi connectivity index (χ1n) is 7.60. The fourth-order valence-electron chi connectivity index (χ4n) is 3.22. The van der Waals surface area contributed by atoms with Crippen molar-refractivity contribution in [1.82, 2.24) is 9.88 Å². The molecule has 3 heteroatoms. The average molecular weight is 282 g/mol. The van der Waals surface area contributed by atoms with Crippen molar-refractivity contribution in [2.45, 2.75) is 31.8 Å². The van der Waals surface area contributed by atoms with Gasteiger partial charge in [-0.15, -0.1) is 0 Å². The summed E-state index contributed by atoms with van der Waals surface area (Å²) in [5, 5.41) is 0. The molecule has 1 aromatic carbocycles. The molecule has 1 aliphatic heterocycles. The maximum absolute atomic E-state index is 5.24. The molecule has 3 rings (SSSR count). The molecule has 0 radical (unpaired) electrons. The third-order valence-corrected chi connectivity index (χ3v) is 4.42. The van der Waals surface area contributed by atoms with E-state index in [1.54, 1.807) is 7.11 Å². The van der Waals surface area contributed by atoms with Crippen LogP contribution in [0.5, 0.6) is 5.75 Å². The molecule has 21 heavy (non-hydrogen) atoms. The fourth-order valence-corrected chi connectivity index (χ4v) is 3.22. The molecule has 1 fully saturated rings. The van der Waals surface area contributed by atoms with Gasteiger partial charge in [-0.05, 0) is 56.1 Å². The minimum absolute atomic E-state index is 0.394. The van der Waals surface area contributed by atoms with Gasteiger partial charge in [0.1, 0.15) is 5.75 Å². The van der Waals surface area contributed by atoms with Gasteiger partial charge < -0.3 is 4.74 Å². The predicted molar refractivity (Wildman–Crippen MR) is 84.3 cm³/mol. The Kier molecular flexibility index (Phi) is 4.20. The van der Waals surface area contributed by atoms with Gasteiger partial charge in [-0.2, -0.15) is 0 Å². The summed E-state index contributed by atoms with van der Waals surface area (Å²) in [6.45, 7) is 3.41. The van der Waals surface area contributed by atoms with E-state index in [0.717, 1.165) is 12.3 Å². The van der Waals surface area contributed by atoms with Crippen molar-refractivity contribution in [1.29, 1.82) is 0 Å². The van der Waals surface area contributed by atoms with E-state index < -0.39 is 0 Å². The lowest BCUT2D eigenvalue weighted by molar-refractivity contribution is 0.191. The molecule has 2 aromatic rings. The van der Waals surface area contributed by atoms with Crippen molar-refractivity contribution < 1.29 is 4.74 Å². The van der Waals surface area contributed by atoms with Crippen LogP contribution in [0.25, 0.3) is 0 Å². The quantitative estimate of drug-likeness (QED) is 0.848. The molecular weight excluding hydrogens is 260 g/mol. The zero-order valence-corrected chi connectivity index (χ0v) is 12.7. The van der Waals surface area contributed by atoms with E-state index in [-0.39, 0.29) is 0 Å². The van der Waals surface area contributed by atoms with E-state index in [1.807, 2.05) is 24.4 Å². The predicted octanol–water partition coefficient (Wildman–Crippen LogP) is 3.99. The number of aromatic nitrogens is 1. The largest absolute Gasteiger partial charge is 0.497 e. The molecule has 1 saturated heterocycles. The molecule has 0 bridgehead atoms. The van der Waals surface area contributed by atoms with Crippen LogP contribution in [0.4, 0.5) is 0 Å². The Morgan fingerprint density at radius 1 is 1.19 bits per heavy atom. The monoisotopic (exact) mass is 282 g/mol. The third kappa shape index (κ3) is 2.93. The van der Waals surface area contributed by atoms with E-state index in [2.05, 4.69) is 41.1 Å². The summed E-state index contributed by atoms with van der Waals surface area (Å²) < 4.78 is 5.24. The van der Waals surface area contributed by atoms with Gasteiger partial charge in [0.05, 0.1) is 18.8 Å². The van der Waals surface area contributed by atoms with Crippen molar-refractivity contribution in [3.8, 4) is 5.75 Å². The number of hydrogen-bond acceptors (Lipinski definition) is 3. The highest BCUT2D eigenvalue weighted by molar-refractivity contribution is 5.29. The van der Waals surface area contributed by atoms with E-state index in [1.165, 1.54) is 24.1 Å².